The Morgan fingerprint density at radius 2 is 1.91 bits per heavy atom. The molecule has 0 aromatic heterocycles. The summed E-state index contributed by atoms with van der Waals surface area (Å²) in [6.07, 6.45) is 0. The summed E-state index contributed by atoms with van der Waals surface area (Å²) < 4.78 is 12.1. The molecule has 0 radical (unpaired) electrons. The maximum absolute atomic E-state index is 11.9. The molecule has 2 rings (SSSR count). The van der Waals surface area contributed by atoms with Gasteiger partial charge in [-0.3, -0.25) is 4.79 Å². The summed E-state index contributed by atoms with van der Waals surface area (Å²) in [6, 6.07) is 4.13. The van der Waals surface area contributed by atoms with Crippen LogP contribution < -0.4 is 14.8 Å². The third-order valence-electron chi connectivity index (χ3n) is 3.59. The molecular weight excluding hydrogens is 366 g/mol. The van der Waals surface area contributed by atoms with Gasteiger partial charge in [-0.25, -0.2) is 0 Å². The minimum absolute atomic E-state index is 0.0832. The lowest BCUT2D eigenvalue weighted by atomic mass is 10.1. The van der Waals surface area contributed by atoms with Gasteiger partial charge in [0.05, 0.1) is 5.75 Å². The van der Waals surface area contributed by atoms with E-state index in [4.69, 9.17) is 9.47 Å². The first-order chi connectivity index (χ1) is 10.5. The molecule has 22 heavy (non-hydrogen) atoms. The number of benzene rings is 1. The summed E-state index contributed by atoms with van der Waals surface area (Å²) in [6.45, 7) is 7.40. The maximum atomic E-state index is 11.9. The molecule has 1 aromatic carbocycles. The molecule has 0 saturated carbocycles. The number of carbonyl (C=O) groups is 1. The van der Waals surface area contributed by atoms with E-state index in [-0.39, 0.29) is 11.9 Å². The molecule has 1 aliphatic heterocycles. The molecule has 1 heterocycles. The van der Waals surface area contributed by atoms with Gasteiger partial charge < -0.3 is 14.8 Å². The summed E-state index contributed by atoms with van der Waals surface area (Å²) in [5.41, 5.74) is 1.11. The Morgan fingerprint density at radius 1 is 1.27 bits per heavy atom. The average Bonchev–Trinajstić information content (AvgIpc) is 2.47. The van der Waals surface area contributed by atoms with Crippen LogP contribution in [0.5, 0.6) is 11.5 Å². The van der Waals surface area contributed by atoms with E-state index in [1.54, 1.807) is 11.8 Å². The number of carbonyl (C=O) groups excluding carboxylic acids is 1. The Morgan fingerprint density at radius 3 is 2.55 bits per heavy atom. The summed E-state index contributed by atoms with van der Waals surface area (Å²) in [5, 5.41) is 3.01. The van der Waals surface area contributed by atoms with Crippen LogP contribution in [0.1, 0.15) is 26.3 Å². The van der Waals surface area contributed by atoms with Gasteiger partial charge in [-0.05, 0) is 30.5 Å². The first kappa shape index (κ1) is 17.5. The third-order valence-corrected chi connectivity index (χ3v) is 5.31. The number of amides is 1. The Kier molecular flexibility index (Phi) is 6.44. The molecule has 0 spiro atoms. The smallest absolute Gasteiger partial charge is 0.230 e. The molecule has 0 saturated heterocycles. The van der Waals surface area contributed by atoms with Crippen LogP contribution in [-0.4, -0.2) is 30.9 Å². The zero-order valence-corrected chi connectivity index (χ0v) is 15.6. The Hall–Kier alpha value is -0.880. The van der Waals surface area contributed by atoms with E-state index in [0.717, 1.165) is 27.3 Å². The summed E-state index contributed by atoms with van der Waals surface area (Å²) >= 11 is 5.15. The molecule has 1 aromatic rings. The molecule has 0 bridgehead atoms. The zero-order chi connectivity index (χ0) is 16.1. The fraction of sp³-hybridized carbons (Fsp3) is 0.562. The van der Waals surface area contributed by atoms with Crippen molar-refractivity contribution in [3.8, 4) is 11.5 Å². The van der Waals surface area contributed by atoms with Crippen LogP contribution in [0.25, 0.3) is 0 Å². The molecule has 1 N–H and O–H groups in total. The highest BCUT2D eigenvalue weighted by atomic mass is 79.9. The molecule has 0 fully saturated rings. The van der Waals surface area contributed by atoms with Crippen LogP contribution in [0.15, 0.2) is 16.6 Å². The number of fused-ring (bicyclic) bond motifs is 1. The normalized spacial score (nSPS) is 14.8. The molecule has 122 valence electrons. The molecule has 6 heteroatoms. The number of halogens is 1. The summed E-state index contributed by atoms with van der Waals surface area (Å²) in [7, 11) is 0. The van der Waals surface area contributed by atoms with E-state index in [1.807, 2.05) is 19.1 Å². The lowest BCUT2D eigenvalue weighted by Gasteiger charge is -2.20. The van der Waals surface area contributed by atoms with E-state index < -0.39 is 0 Å². The van der Waals surface area contributed by atoms with Crippen molar-refractivity contribution < 1.29 is 14.3 Å². The van der Waals surface area contributed by atoms with Gasteiger partial charge in [0, 0.05) is 16.3 Å². The van der Waals surface area contributed by atoms with Crippen molar-refractivity contribution in [1.82, 2.24) is 5.32 Å². The largest absolute Gasteiger partial charge is 0.486 e. The number of ether oxygens (including phenoxy) is 2. The van der Waals surface area contributed by atoms with E-state index in [0.29, 0.717) is 24.9 Å². The van der Waals surface area contributed by atoms with Crippen LogP contribution in [0.4, 0.5) is 0 Å². The number of nitrogens with one attached hydrogen (secondary N) is 1. The van der Waals surface area contributed by atoms with Gasteiger partial charge in [0.1, 0.15) is 13.2 Å². The van der Waals surface area contributed by atoms with Crippen molar-refractivity contribution in [1.29, 1.82) is 0 Å². The fourth-order valence-corrected chi connectivity index (χ4v) is 3.41. The first-order valence-corrected chi connectivity index (χ1v) is 9.37. The van der Waals surface area contributed by atoms with Crippen LogP contribution in [-0.2, 0) is 10.5 Å². The maximum Gasteiger partial charge on any atom is 0.230 e. The number of hydrogen-bond donors (Lipinski definition) is 1. The fourth-order valence-electron chi connectivity index (χ4n) is 1.93. The molecule has 4 nitrogen and oxygen atoms in total. The second-order valence-corrected chi connectivity index (χ2v) is 7.52. The molecular formula is C16H22BrNO3S. The van der Waals surface area contributed by atoms with Gasteiger partial charge in [0.2, 0.25) is 5.91 Å². The Balaban J connectivity index is 1.85. The van der Waals surface area contributed by atoms with Crippen LogP contribution in [0, 0.1) is 5.92 Å². The van der Waals surface area contributed by atoms with Gasteiger partial charge in [0.15, 0.2) is 11.5 Å². The van der Waals surface area contributed by atoms with Crippen molar-refractivity contribution in [2.24, 2.45) is 5.92 Å². The second kappa shape index (κ2) is 8.11. The summed E-state index contributed by atoms with van der Waals surface area (Å²) in [4.78, 5) is 11.9. The standard InChI is InChI=1S/C16H22BrNO3S/c1-10(2)11(3)18-16(19)9-22-8-12-6-14-15(7-13(12)17)21-5-4-20-14/h6-7,10-11H,4-5,8-9H2,1-3H3,(H,18,19)/t11-/m1/s1. The molecule has 1 aliphatic rings. The van der Waals surface area contributed by atoms with Crippen molar-refractivity contribution in [3.05, 3.63) is 22.2 Å². The van der Waals surface area contributed by atoms with Crippen molar-refractivity contribution >= 4 is 33.6 Å². The van der Waals surface area contributed by atoms with Crippen LogP contribution >= 0.6 is 27.7 Å². The second-order valence-electron chi connectivity index (χ2n) is 5.68. The predicted octanol–water partition coefficient (Wildman–Crippen LogP) is 3.61. The minimum atomic E-state index is 0.0832. The van der Waals surface area contributed by atoms with Gasteiger partial charge in [-0.1, -0.05) is 29.8 Å². The number of thioether (sulfide) groups is 1. The average molecular weight is 388 g/mol. The van der Waals surface area contributed by atoms with Crippen molar-refractivity contribution in [3.63, 3.8) is 0 Å². The van der Waals surface area contributed by atoms with Crippen LogP contribution in [0.3, 0.4) is 0 Å². The highest BCUT2D eigenvalue weighted by Gasteiger charge is 2.15. The van der Waals surface area contributed by atoms with E-state index in [1.165, 1.54) is 0 Å². The van der Waals surface area contributed by atoms with Crippen molar-refractivity contribution in [2.75, 3.05) is 19.0 Å². The molecule has 0 unspecified atom stereocenters. The molecule has 1 amide bonds. The third kappa shape index (κ3) is 4.81. The highest BCUT2D eigenvalue weighted by molar-refractivity contribution is 9.10. The van der Waals surface area contributed by atoms with E-state index in [2.05, 4.69) is 35.1 Å². The topological polar surface area (TPSA) is 47.6 Å². The quantitative estimate of drug-likeness (QED) is 0.809. The molecule has 0 aliphatic carbocycles. The number of hydrogen-bond acceptors (Lipinski definition) is 4. The lowest BCUT2D eigenvalue weighted by Crippen LogP contribution is -2.37. The van der Waals surface area contributed by atoms with Crippen molar-refractivity contribution in [2.45, 2.75) is 32.6 Å². The highest BCUT2D eigenvalue weighted by Crippen LogP contribution is 2.36. The molecule has 1 atom stereocenters. The van der Waals surface area contributed by atoms with E-state index >= 15 is 0 Å². The van der Waals surface area contributed by atoms with Gasteiger partial charge in [-0.15, -0.1) is 11.8 Å². The van der Waals surface area contributed by atoms with E-state index in [9.17, 15) is 4.79 Å². The minimum Gasteiger partial charge on any atom is -0.486 e. The number of rotatable bonds is 6. The lowest BCUT2D eigenvalue weighted by molar-refractivity contribution is -0.119. The van der Waals surface area contributed by atoms with Crippen LogP contribution in [0.2, 0.25) is 0 Å². The summed E-state index contributed by atoms with van der Waals surface area (Å²) in [5.74, 6) is 3.29. The predicted molar refractivity (Wildman–Crippen MR) is 93.7 cm³/mol. The monoisotopic (exact) mass is 387 g/mol. The Labute approximate surface area is 144 Å². The van der Waals surface area contributed by atoms with Gasteiger partial charge >= 0.3 is 0 Å². The van der Waals surface area contributed by atoms with Gasteiger partial charge in [0.25, 0.3) is 0 Å². The first-order valence-electron chi connectivity index (χ1n) is 7.42. The van der Waals surface area contributed by atoms with Gasteiger partial charge in [-0.2, -0.15) is 0 Å². The SMILES string of the molecule is CC(C)[C@@H](C)NC(=O)CSCc1cc2c(cc1Br)OCCO2. The zero-order valence-electron chi connectivity index (χ0n) is 13.1. The Bertz CT molecular complexity index is 536.